The van der Waals surface area contributed by atoms with E-state index in [2.05, 4.69) is 20.9 Å². The number of carbonyl (C=O) groups excluding carboxylic acids is 2. The molecule has 1 saturated heterocycles. The van der Waals surface area contributed by atoms with Crippen molar-refractivity contribution in [3.05, 3.63) is 53.8 Å². The Hall–Kier alpha value is -4.13. The molecule has 0 radical (unpaired) electrons. The quantitative estimate of drug-likeness (QED) is 0.273. The van der Waals surface area contributed by atoms with Crippen molar-refractivity contribution < 1.29 is 14.0 Å². The molecule has 0 saturated carbocycles. The minimum atomic E-state index is -0.421. The van der Waals surface area contributed by atoms with Gasteiger partial charge in [0.05, 0.1) is 6.04 Å². The summed E-state index contributed by atoms with van der Waals surface area (Å²) < 4.78 is 13.5. The highest BCUT2D eigenvalue weighted by molar-refractivity contribution is 5.98. The Bertz CT molecular complexity index is 1220. The van der Waals surface area contributed by atoms with E-state index < -0.39 is 5.82 Å². The standard InChI is InChI=1S/C28H36FN7O2/c1-18(2)14-26(37)33-23-10-7-11-24(20(23)5)34-27(31-17-30)36-13-12-35(16-25(36)19(3)4)28(38)32-22-9-6-8-21(29)15-22/h6-11,15,18-19,25H,12-14,16H2,1-5H3,(H,31,34)(H,32,38)(H,33,37). The molecule has 3 amide bonds. The van der Waals surface area contributed by atoms with Crippen LogP contribution in [0.5, 0.6) is 0 Å². The molecule has 1 aliphatic heterocycles. The van der Waals surface area contributed by atoms with Crippen molar-refractivity contribution in [3.63, 3.8) is 0 Å². The number of benzene rings is 2. The summed E-state index contributed by atoms with van der Waals surface area (Å²) in [4.78, 5) is 33.0. The number of amides is 3. The Morgan fingerprint density at radius 1 is 1.08 bits per heavy atom. The molecular formula is C28H36FN7O2. The molecule has 202 valence electrons. The van der Waals surface area contributed by atoms with Crippen molar-refractivity contribution in [3.8, 4) is 6.19 Å². The first-order valence-corrected chi connectivity index (χ1v) is 12.8. The van der Waals surface area contributed by atoms with Crippen LogP contribution < -0.4 is 16.0 Å². The largest absolute Gasteiger partial charge is 0.335 e. The summed E-state index contributed by atoms with van der Waals surface area (Å²) in [5.74, 6) is 0.278. The average Bonchev–Trinajstić information content (AvgIpc) is 2.85. The number of nitriles is 1. The molecular weight excluding hydrogens is 485 g/mol. The number of carbonyl (C=O) groups is 2. The maximum Gasteiger partial charge on any atom is 0.321 e. The van der Waals surface area contributed by atoms with E-state index in [1.807, 2.05) is 63.9 Å². The van der Waals surface area contributed by atoms with Crippen molar-refractivity contribution in [1.82, 2.24) is 9.80 Å². The fourth-order valence-electron chi connectivity index (χ4n) is 4.41. The second-order valence-electron chi connectivity index (χ2n) is 10.2. The predicted molar refractivity (Wildman–Crippen MR) is 148 cm³/mol. The first-order chi connectivity index (χ1) is 18.1. The lowest BCUT2D eigenvalue weighted by Gasteiger charge is -2.44. The zero-order valence-electron chi connectivity index (χ0n) is 22.6. The van der Waals surface area contributed by atoms with E-state index in [1.165, 1.54) is 12.1 Å². The number of halogens is 1. The number of hydrogen-bond donors (Lipinski definition) is 3. The zero-order chi connectivity index (χ0) is 27.8. The molecule has 9 nitrogen and oxygen atoms in total. The van der Waals surface area contributed by atoms with Crippen LogP contribution in [0.4, 0.5) is 26.2 Å². The smallest absolute Gasteiger partial charge is 0.321 e. The van der Waals surface area contributed by atoms with E-state index in [-0.39, 0.29) is 29.8 Å². The van der Waals surface area contributed by atoms with Gasteiger partial charge in [0.2, 0.25) is 18.1 Å². The van der Waals surface area contributed by atoms with E-state index in [0.717, 1.165) is 11.3 Å². The highest BCUT2D eigenvalue weighted by Gasteiger charge is 2.34. The predicted octanol–water partition coefficient (Wildman–Crippen LogP) is 5.24. The molecule has 3 N–H and O–H groups in total. The summed E-state index contributed by atoms with van der Waals surface area (Å²) in [6, 6.07) is 10.9. The highest BCUT2D eigenvalue weighted by atomic mass is 19.1. The monoisotopic (exact) mass is 521 g/mol. The van der Waals surface area contributed by atoms with Gasteiger partial charge in [-0.05, 0) is 54.7 Å². The van der Waals surface area contributed by atoms with Crippen LogP contribution >= 0.6 is 0 Å². The van der Waals surface area contributed by atoms with Gasteiger partial charge < -0.3 is 25.8 Å². The highest BCUT2D eigenvalue weighted by Crippen LogP contribution is 2.26. The Labute approximate surface area is 223 Å². The molecule has 1 heterocycles. The third-order valence-corrected chi connectivity index (χ3v) is 6.43. The Kier molecular flexibility index (Phi) is 9.66. The molecule has 1 atom stereocenters. The number of aliphatic imine (C=N–C) groups is 1. The lowest BCUT2D eigenvalue weighted by atomic mass is 10.00. The van der Waals surface area contributed by atoms with Crippen LogP contribution in [0.3, 0.4) is 0 Å². The Morgan fingerprint density at radius 2 is 1.76 bits per heavy atom. The number of piperazine rings is 1. The number of nitrogens with zero attached hydrogens (tertiary/aromatic N) is 4. The van der Waals surface area contributed by atoms with Crippen LogP contribution in [-0.2, 0) is 4.79 Å². The van der Waals surface area contributed by atoms with Crippen LogP contribution in [0, 0.1) is 36.0 Å². The van der Waals surface area contributed by atoms with Crippen molar-refractivity contribution >= 4 is 35.0 Å². The van der Waals surface area contributed by atoms with Gasteiger partial charge in [0, 0.05) is 43.1 Å². The number of hydrogen-bond acceptors (Lipinski definition) is 4. The number of nitrogens with one attached hydrogen (secondary N) is 3. The topological polar surface area (TPSA) is 113 Å². The van der Waals surface area contributed by atoms with E-state index in [4.69, 9.17) is 0 Å². The van der Waals surface area contributed by atoms with E-state index in [1.54, 1.807) is 17.0 Å². The van der Waals surface area contributed by atoms with Crippen molar-refractivity contribution in [2.75, 3.05) is 35.6 Å². The molecule has 38 heavy (non-hydrogen) atoms. The molecule has 1 unspecified atom stereocenters. The Balaban J connectivity index is 1.76. The fraction of sp³-hybridized carbons (Fsp3) is 0.429. The Morgan fingerprint density at radius 3 is 2.39 bits per heavy atom. The van der Waals surface area contributed by atoms with Gasteiger partial charge in [0.25, 0.3) is 0 Å². The number of guanidine groups is 1. The maximum atomic E-state index is 13.5. The number of urea groups is 1. The van der Waals surface area contributed by atoms with Crippen LogP contribution in [0.25, 0.3) is 0 Å². The number of rotatable bonds is 6. The van der Waals surface area contributed by atoms with Gasteiger partial charge in [-0.25, -0.2) is 9.18 Å². The van der Waals surface area contributed by atoms with Crippen LogP contribution in [0.2, 0.25) is 0 Å². The minimum absolute atomic E-state index is 0.0568. The number of anilines is 3. The first kappa shape index (κ1) is 28.4. The minimum Gasteiger partial charge on any atom is -0.335 e. The van der Waals surface area contributed by atoms with E-state index in [0.29, 0.717) is 43.4 Å². The molecule has 0 spiro atoms. The van der Waals surface area contributed by atoms with Gasteiger partial charge in [-0.3, -0.25) is 4.79 Å². The van der Waals surface area contributed by atoms with Gasteiger partial charge >= 0.3 is 6.03 Å². The molecule has 1 fully saturated rings. The van der Waals surface area contributed by atoms with Crippen LogP contribution in [0.1, 0.15) is 39.7 Å². The van der Waals surface area contributed by atoms with Crippen molar-refractivity contribution in [1.29, 1.82) is 5.26 Å². The van der Waals surface area contributed by atoms with Gasteiger partial charge in [0.15, 0.2) is 0 Å². The summed E-state index contributed by atoms with van der Waals surface area (Å²) in [7, 11) is 0. The average molecular weight is 522 g/mol. The summed E-state index contributed by atoms with van der Waals surface area (Å²) in [5, 5.41) is 18.5. The third-order valence-electron chi connectivity index (χ3n) is 6.43. The third kappa shape index (κ3) is 7.44. The molecule has 0 bridgehead atoms. The lowest BCUT2D eigenvalue weighted by molar-refractivity contribution is -0.116. The first-order valence-electron chi connectivity index (χ1n) is 12.8. The summed E-state index contributed by atoms with van der Waals surface area (Å²) >= 11 is 0. The van der Waals surface area contributed by atoms with Crippen molar-refractivity contribution in [2.24, 2.45) is 16.8 Å². The summed E-state index contributed by atoms with van der Waals surface area (Å²) in [6.07, 6.45) is 2.31. The molecule has 10 heteroatoms. The fourth-order valence-corrected chi connectivity index (χ4v) is 4.41. The van der Waals surface area contributed by atoms with Crippen molar-refractivity contribution in [2.45, 2.75) is 47.1 Å². The van der Waals surface area contributed by atoms with E-state index >= 15 is 0 Å². The van der Waals surface area contributed by atoms with Crippen LogP contribution in [0.15, 0.2) is 47.5 Å². The van der Waals surface area contributed by atoms with Crippen LogP contribution in [-0.4, -0.2) is 53.4 Å². The SMILES string of the molecule is Cc1c(NC(=O)CC(C)C)cccc1N/C(=N/C#N)N1CCN(C(=O)Nc2cccc(F)c2)CC1C(C)C. The zero-order valence-corrected chi connectivity index (χ0v) is 22.6. The normalized spacial score (nSPS) is 15.9. The van der Waals surface area contributed by atoms with Gasteiger partial charge in [-0.1, -0.05) is 39.8 Å². The van der Waals surface area contributed by atoms with Gasteiger partial charge in [-0.2, -0.15) is 5.26 Å². The van der Waals surface area contributed by atoms with Gasteiger partial charge in [0.1, 0.15) is 5.82 Å². The molecule has 2 aromatic rings. The molecule has 0 aliphatic carbocycles. The van der Waals surface area contributed by atoms with E-state index in [9.17, 15) is 19.2 Å². The van der Waals surface area contributed by atoms with Gasteiger partial charge in [-0.15, -0.1) is 4.99 Å². The summed E-state index contributed by atoms with van der Waals surface area (Å²) in [6.45, 7) is 11.2. The lowest BCUT2D eigenvalue weighted by Crippen LogP contribution is -2.60. The maximum absolute atomic E-state index is 13.5. The summed E-state index contributed by atoms with van der Waals surface area (Å²) in [5.41, 5.74) is 2.62. The second-order valence-corrected chi connectivity index (χ2v) is 10.2. The molecule has 3 rings (SSSR count). The molecule has 0 aromatic heterocycles. The molecule has 2 aromatic carbocycles. The second kappa shape index (κ2) is 12.9. The molecule has 1 aliphatic rings.